The molecule has 0 radical (unpaired) electrons. The van der Waals surface area contributed by atoms with Crippen LogP contribution in [0.1, 0.15) is 30.7 Å². The summed E-state index contributed by atoms with van der Waals surface area (Å²) in [5, 5.41) is 4.44. The van der Waals surface area contributed by atoms with Crippen LogP contribution in [0.3, 0.4) is 0 Å². The van der Waals surface area contributed by atoms with Gasteiger partial charge in [0.2, 0.25) is 0 Å². The predicted octanol–water partition coefficient (Wildman–Crippen LogP) is 0.726. The van der Waals surface area contributed by atoms with E-state index in [1.807, 2.05) is 11.7 Å². The van der Waals surface area contributed by atoms with Gasteiger partial charge in [-0.25, -0.2) is 0 Å². The Labute approximate surface area is 121 Å². The molecule has 0 bridgehead atoms. The highest BCUT2D eigenvalue weighted by molar-refractivity contribution is 5.08. The van der Waals surface area contributed by atoms with Gasteiger partial charge >= 0.3 is 0 Å². The second kappa shape index (κ2) is 5.84. The van der Waals surface area contributed by atoms with Crippen molar-refractivity contribution in [2.24, 2.45) is 12.8 Å². The zero-order valence-electron chi connectivity index (χ0n) is 12.8. The Bertz CT molecular complexity index is 447. The quantitative estimate of drug-likeness (QED) is 0.885. The van der Waals surface area contributed by atoms with Gasteiger partial charge in [-0.15, -0.1) is 0 Å². The molecule has 1 atom stereocenters. The normalized spacial score (nSPS) is 26.4. The highest BCUT2D eigenvalue weighted by atomic mass is 15.3. The van der Waals surface area contributed by atoms with E-state index in [1.54, 1.807) is 0 Å². The van der Waals surface area contributed by atoms with Crippen LogP contribution < -0.4 is 5.73 Å². The summed E-state index contributed by atoms with van der Waals surface area (Å²) in [6.45, 7) is 7.86. The molecule has 3 rings (SSSR count). The highest BCUT2D eigenvalue weighted by Crippen LogP contribution is 2.21. The zero-order chi connectivity index (χ0) is 14.1. The van der Waals surface area contributed by atoms with Crippen LogP contribution in [-0.4, -0.2) is 57.8 Å². The first-order valence-corrected chi connectivity index (χ1v) is 7.83. The first-order chi connectivity index (χ1) is 9.61. The van der Waals surface area contributed by atoms with Crippen molar-refractivity contribution in [3.05, 3.63) is 17.5 Å². The minimum absolute atomic E-state index is 0.432. The summed E-state index contributed by atoms with van der Waals surface area (Å²) in [6.07, 6.45) is 3.63. The molecule has 1 unspecified atom stereocenters. The van der Waals surface area contributed by atoms with Crippen LogP contribution in [0.4, 0.5) is 0 Å². The van der Waals surface area contributed by atoms with Crippen LogP contribution in [0.5, 0.6) is 0 Å². The number of likely N-dealkylation sites (tertiary alicyclic amines) is 2. The van der Waals surface area contributed by atoms with Gasteiger partial charge < -0.3 is 5.73 Å². The fraction of sp³-hybridized carbons (Fsp3) is 0.800. The lowest BCUT2D eigenvalue weighted by molar-refractivity contribution is 0.151. The third-order valence-corrected chi connectivity index (χ3v) is 4.82. The number of nitrogens with zero attached hydrogens (tertiary/aromatic N) is 4. The molecule has 0 aromatic carbocycles. The van der Waals surface area contributed by atoms with E-state index < -0.39 is 0 Å². The van der Waals surface area contributed by atoms with Crippen LogP contribution in [0, 0.1) is 6.92 Å². The van der Waals surface area contributed by atoms with Gasteiger partial charge in [0.05, 0.1) is 11.4 Å². The lowest BCUT2D eigenvalue weighted by Crippen LogP contribution is -2.46. The topological polar surface area (TPSA) is 50.3 Å². The molecule has 2 aliphatic heterocycles. The Kier molecular flexibility index (Phi) is 4.10. The van der Waals surface area contributed by atoms with Crippen molar-refractivity contribution in [1.29, 1.82) is 0 Å². The fourth-order valence-electron chi connectivity index (χ4n) is 3.58. The van der Waals surface area contributed by atoms with E-state index in [0.717, 1.165) is 31.1 Å². The number of nitrogens with two attached hydrogens (primary N) is 1. The van der Waals surface area contributed by atoms with E-state index >= 15 is 0 Å². The van der Waals surface area contributed by atoms with Crippen molar-refractivity contribution in [2.75, 3.05) is 26.2 Å². The second-order valence-corrected chi connectivity index (χ2v) is 6.45. The van der Waals surface area contributed by atoms with Gasteiger partial charge in [-0.1, -0.05) is 0 Å². The van der Waals surface area contributed by atoms with Crippen molar-refractivity contribution < 1.29 is 0 Å². The molecule has 0 aliphatic carbocycles. The lowest BCUT2D eigenvalue weighted by atomic mass is 10.0. The van der Waals surface area contributed by atoms with Gasteiger partial charge in [-0.2, -0.15) is 5.10 Å². The van der Waals surface area contributed by atoms with Gasteiger partial charge in [-0.05, 0) is 45.3 Å². The van der Waals surface area contributed by atoms with E-state index in [0.29, 0.717) is 6.04 Å². The maximum absolute atomic E-state index is 6.00. The van der Waals surface area contributed by atoms with Crippen molar-refractivity contribution in [3.8, 4) is 0 Å². The summed E-state index contributed by atoms with van der Waals surface area (Å²) < 4.78 is 2.02. The molecule has 3 heterocycles. The van der Waals surface area contributed by atoms with Crippen LogP contribution in [0.15, 0.2) is 6.07 Å². The molecular formula is C15H27N5. The molecule has 5 nitrogen and oxygen atoms in total. The Hall–Kier alpha value is -0.910. The maximum Gasteiger partial charge on any atom is 0.0597 e. The Morgan fingerprint density at radius 2 is 2.00 bits per heavy atom. The molecule has 0 spiro atoms. The minimum atomic E-state index is 0.432. The average molecular weight is 277 g/mol. The highest BCUT2D eigenvalue weighted by Gasteiger charge is 2.30. The van der Waals surface area contributed by atoms with Gasteiger partial charge in [-0.3, -0.25) is 14.5 Å². The molecule has 1 aromatic rings. The number of rotatable bonds is 3. The van der Waals surface area contributed by atoms with Crippen molar-refractivity contribution in [3.63, 3.8) is 0 Å². The van der Waals surface area contributed by atoms with E-state index in [1.165, 1.54) is 38.3 Å². The molecule has 2 aliphatic rings. The molecular weight excluding hydrogens is 250 g/mol. The molecule has 2 N–H and O–H groups in total. The van der Waals surface area contributed by atoms with Gasteiger partial charge in [0.1, 0.15) is 0 Å². The van der Waals surface area contributed by atoms with Crippen LogP contribution in [0.25, 0.3) is 0 Å². The molecule has 2 saturated heterocycles. The van der Waals surface area contributed by atoms with Crippen LogP contribution in [0.2, 0.25) is 0 Å². The molecule has 20 heavy (non-hydrogen) atoms. The number of aryl methyl sites for hydroxylation is 2. The fourth-order valence-corrected chi connectivity index (χ4v) is 3.58. The van der Waals surface area contributed by atoms with Gasteiger partial charge in [0, 0.05) is 38.8 Å². The van der Waals surface area contributed by atoms with Gasteiger partial charge in [0.25, 0.3) is 0 Å². The monoisotopic (exact) mass is 277 g/mol. The summed E-state index contributed by atoms with van der Waals surface area (Å²) in [5.41, 5.74) is 8.43. The second-order valence-electron chi connectivity index (χ2n) is 6.45. The summed E-state index contributed by atoms with van der Waals surface area (Å²) >= 11 is 0. The Morgan fingerprint density at radius 1 is 1.25 bits per heavy atom. The van der Waals surface area contributed by atoms with Crippen LogP contribution in [-0.2, 0) is 13.6 Å². The van der Waals surface area contributed by atoms with E-state index in [2.05, 4.69) is 27.9 Å². The largest absolute Gasteiger partial charge is 0.328 e. The standard InChI is InChI=1S/C15H27N5/c1-12-9-15(18(2)17-12)11-19-6-5-14(10-19)20-7-3-13(16)4-8-20/h9,13-14H,3-8,10-11,16H2,1-2H3. The maximum atomic E-state index is 6.00. The number of aromatic nitrogens is 2. The van der Waals surface area contributed by atoms with Crippen molar-refractivity contribution in [2.45, 2.75) is 44.8 Å². The average Bonchev–Trinajstić information content (AvgIpc) is 2.98. The number of hydrogen-bond acceptors (Lipinski definition) is 4. The Morgan fingerprint density at radius 3 is 2.65 bits per heavy atom. The summed E-state index contributed by atoms with van der Waals surface area (Å²) in [5.74, 6) is 0. The molecule has 2 fully saturated rings. The summed E-state index contributed by atoms with van der Waals surface area (Å²) in [6, 6.07) is 3.37. The lowest BCUT2D eigenvalue weighted by Gasteiger charge is -2.34. The molecule has 5 heteroatoms. The number of piperidine rings is 1. The molecule has 1 aromatic heterocycles. The van der Waals surface area contributed by atoms with E-state index in [-0.39, 0.29) is 0 Å². The van der Waals surface area contributed by atoms with E-state index in [4.69, 9.17) is 5.73 Å². The molecule has 0 amide bonds. The third-order valence-electron chi connectivity index (χ3n) is 4.82. The first-order valence-electron chi connectivity index (χ1n) is 7.83. The molecule has 0 saturated carbocycles. The summed E-state index contributed by atoms with van der Waals surface area (Å²) in [7, 11) is 2.04. The first kappa shape index (κ1) is 14.0. The van der Waals surface area contributed by atoms with E-state index in [9.17, 15) is 0 Å². The predicted molar refractivity (Wildman–Crippen MR) is 80.4 cm³/mol. The smallest absolute Gasteiger partial charge is 0.0597 e. The SMILES string of the molecule is Cc1cc(CN2CCC(N3CCC(N)CC3)C2)n(C)n1. The van der Waals surface area contributed by atoms with Crippen molar-refractivity contribution >= 4 is 0 Å². The number of hydrogen-bond donors (Lipinski definition) is 1. The van der Waals surface area contributed by atoms with Crippen LogP contribution >= 0.6 is 0 Å². The van der Waals surface area contributed by atoms with Gasteiger partial charge in [0.15, 0.2) is 0 Å². The minimum Gasteiger partial charge on any atom is -0.328 e. The van der Waals surface area contributed by atoms with Crippen molar-refractivity contribution in [1.82, 2.24) is 19.6 Å². The Balaban J connectivity index is 1.53. The molecule has 112 valence electrons. The summed E-state index contributed by atoms with van der Waals surface area (Å²) in [4.78, 5) is 5.22. The zero-order valence-corrected chi connectivity index (χ0v) is 12.8. The third kappa shape index (κ3) is 3.05.